The second-order valence-electron chi connectivity index (χ2n) is 4.97. The Balaban J connectivity index is 1.63. The van der Waals surface area contributed by atoms with Crippen molar-refractivity contribution in [1.82, 2.24) is 0 Å². The summed E-state index contributed by atoms with van der Waals surface area (Å²) in [4.78, 5) is 11.9. The average Bonchev–Trinajstić information content (AvgIpc) is 2.53. The van der Waals surface area contributed by atoms with Gasteiger partial charge in [-0.15, -0.1) is 0 Å². The zero-order valence-electron chi connectivity index (χ0n) is 11.8. The Morgan fingerprint density at radius 2 is 1.68 bits per heavy atom. The monoisotopic (exact) mass is 294 g/mol. The van der Waals surface area contributed by atoms with Gasteiger partial charge in [0.05, 0.1) is 6.54 Å². The first-order valence-corrected chi connectivity index (χ1v) is 6.99. The van der Waals surface area contributed by atoms with Crippen LogP contribution in [0, 0.1) is 5.82 Å². The van der Waals surface area contributed by atoms with E-state index in [0.29, 0.717) is 5.69 Å². The average molecular weight is 294 g/mol. The highest BCUT2D eigenvalue weighted by Crippen LogP contribution is 2.18. The van der Waals surface area contributed by atoms with Gasteiger partial charge < -0.3 is 10.6 Å². The van der Waals surface area contributed by atoms with E-state index in [0.717, 1.165) is 16.5 Å². The van der Waals surface area contributed by atoms with E-state index in [2.05, 4.69) is 10.6 Å². The fourth-order valence-corrected chi connectivity index (χ4v) is 2.25. The SMILES string of the molecule is O=C(CNc1cccc(F)c1)Nc1ccc2ccccc2c1. The van der Waals surface area contributed by atoms with Crippen LogP contribution in [0.1, 0.15) is 0 Å². The summed E-state index contributed by atoms with van der Waals surface area (Å²) in [5, 5.41) is 7.91. The van der Waals surface area contributed by atoms with Gasteiger partial charge in [-0.2, -0.15) is 0 Å². The van der Waals surface area contributed by atoms with Crippen molar-refractivity contribution in [2.75, 3.05) is 17.2 Å². The maximum Gasteiger partial charge on any atom is 0.243 e. The molecular formula is C18H15FN2O. The molecule has 3 nitrogen and oxygen atoms in total. The van der Waals surface area contributed by atoms with Crippen LogP contribution in [0.2, 0.25) is 0 Å². The van der Waals surface area contributed by atoms with Gasteiger partial charge in [-0.3, -0.25) is 4.79 Å². The molecule has 0 fully saturated rings. The lowest BCUT2D eigenvalue weighted by Crippen LogP contribution is -2.21. The Kier molecular flexibility index (Phi) is 4.01. The van der Waals surface area contributed by atoms with Gasteiger partial charge in [0.15, 0.2) is 0 Å². The molecule has 0 unspecified atom stereocenters. The van der Waals surface area contributed by atoms with E-state index in [4.69, 9.17) is 0 Å². The van der Waals surface area contributed by atoms with E-state index in [9.17, 15) is 9.18 Å². The maximum absolute atomic E-state index is 13.0. The number of carbonyl (C=O) groups is 1. The Morgan fingerprint density at radius 1 is 0.864 bits per heavy atom. The molecule has 0 saturated heterocycles. The summed E-state index contributed by atoms with van der Waals surface area (Å²) in [5.74, 6) is -0.514. The molecule has 2 N–H and O–H groups in total. The molecule has 110 valence electrons. The Bertz CT molecular complexity index is 817. The van der Waals surface area contributed by atoms with Gasteiger partial charge in [0.2, 0.25) is 5.91 Å². The predicted octanol–water partition coefficient (Wildman–Crippen LogP) is 4.03. The molecule has 4 heteroatoms. The van der Waals surface area contributed by atoms with Crippen LogP contribution in [0.5, 0.6) is 0 Å². The molecular weight excluding hydrogens is 279 g/mol. The van der Waals surface area contributed by atoms with Gasteiger partial charge in [-0.05, 0) is 41.1 Å². The van der Waals surface area contributed by atoms with Gasteiger partial charge in [0, 0.05) is 11.4 Å². The topological polar surface area (TPSA) is 41.1 Å². The minimum Gasteiger partial charge on any atom is -0.376 e. The normalized spacial score (nSPS) is 10.4. The molecule has 0 atom stereocenters. The zero-order chi connectivity index (χ0) is 15.4. The summed E-state index contributed by atoms with van der Waals surface area (Å²) in [6, 6.07) is 19.7. The second kappa shape index (κ2) is 6.26. The van der Waals surface area contributed by atoms with Crippen LogP contribution >= 0.6 is 0 Å². The Morgan fingerprint density at radius 3 is 2.50 bits per heavy atom. The van der Waals surface area contributed by atoms with E-state index >= 15 is 0 Å². The van der Waals surface area contributed by atoms with Crippen molar-refractivity contribution in [3.63, 3.8) is 0 Å². The third-order valence-electron chi connectivity index (χ3n) is 3.31. The number of halogens is 1. The third-order valence-corrected chi connectivity index (χ3v) is 3.31. The summed E-state index contributed by atoms with van der Waals surface area (Å²) in [7, 11) is 0. The van der Waals surface area contributed by atoms with Crippen molar-refractivity contribution in [2.45, 2.75) is 0 Å². The standard InChI is InChI=1S/C18H15FN2O/c19-15-6-3-7-16(11-15)20-12-18(22)21-17-9-8-13-4-1-2-5-14(13)10-17/h1-11,20H,12H2,(H,21,22). The van der Waals surface area contributed by atoms with Crippen molar-refractivity contribution in [3.05, 3.63) is 72.5 Å². The first-order valence-electron chi connectivity index (χ1n) is 6.99. The molecule has 0 bridgehead atoms. The highest BCUT2D eigenvalue weighted by atomic mass is 19.1. The lowest BCUT2D eigenvalue weighted by atomic mass is 10.1. The van der Waals surface area contributed by atoms with E-state index in [-0.39, 0.29) is 18.3 Å². The van der Waals surface area contributed by atoms with Crippen LogP contribution in [-0.4, -0.2) is 12.5 Å². The van der Waals surface area contributed by atoms with E-state index in [1.54, 1.807) is 12.1 Å². The summed E-state index contributed by atoms with van der Waals surface area (Å²) in [6.45, 7) is 0.0796. The smallest absolute Gasteiger partial charge is 0.243 e. The summed E-state index contributed by atoms with van der Waals surface area (Å²) < 4.78 is 13.0. The quantitative estimate of drug-likeness (QED) is 0.762. The van der Waals surface area contributed by atoms with Crippen molar-refractivity contribution in [2.24, 2.45) is 0 Å². The largest absolute Gasteiger partial charge is 0.376 e. The second-order valence-corrected chi connectivity index (χ2v) is 4.97. The minimum absolute atomic E-state index is 0.0796. The molecule has 0 saturated carbocycles. The van der Waals surface area contributed by atoms with Crippen molar-refractivity contribution < 1.29 is 9.18 Å². The number of carbonyl (C=O) groups excluding carboxylic acids is 1. The van der Waals surface area contributed by atoms with Gasteiger partial charge in [-0.1, -0.05) is 36.4 Å². The van der Waals surface area contributed by atoms with Gasteiger partial charge in [0.1, 0.15) is 5.82 Å². The summed E-state index contributed by atoms with van der Waals surface area (Å²) in [6.07, 6.45) is 0. The van der Waals surface area contributed by atoms with E-state index in [1.165, 1.54) is 12.1 Å². The fraction of sp³-hybridized carbons (Fsp3) is 0.0556. The molecule has 0 aromatic heterocycles. The van der Waals surface area contributed by atoms with Crippen LogP contribution < -0.4 is 10.6 Å². The summed E-state index contributed by atoms with van der Waals surface area (Å²) >= 11 is 0. The van der Waals surface area contributed by atoms with E-state index < -0.39 is 0 Å². The van der Waals surface area contributed by atoms with Crippen molar-refractivity contribution in [3.8, 4) is 0 Å². The predicted molar refractivity (Wildman–Crippen MR) is 87.5 cm³/mol. The van der Waals surface area contributed by atoms with Gasteiger partial charge >= 0.3 is 0 Å². The number of rotatable bonds is 4. The number of hydrogen-bond acceptors (Lipinski definition) is 2. The number of nitrogens with one attached hydrogen (secondary N) is 2. The molecule has 0 aliphatic carbocycles. The van der Waals surface area contributed by atoms with Gasteiger partial charge in [0.25, 0.3) is 0 Å². The number of amides is 1. The number of anilines is 2. The number of hydrogen-bond donors (Lipinski definition) is 2. The van der Waals surface area contributed by atoms with Crippen LogP contribution in [0.25, 0.3) is 10.8 Å². The van der Waals surface area contributed by atoms with Crippen LogP contribution in [0.15, 0.2) is 66.7 Å². The fourth-order valence-electron chi connectivity index (χ4n) is 2.25. The summed E-state index contributed by atoms with van der Waals surface area (Å²) in [5.41, 5.74) is 1.32. The van der Waals surface area contributed by atoms with Crippen molar-refractivity contribution in [1.29, 1.82) is 0 Å². The zero-order valence-corrected chi connectivity index (χ0v) is 11.8. The molecule has 0 heterocycles. The molecule has 3 aromatic rings. The molecule has 0 spiro atoms. The molecule has 22 heavy (non-hydrogen) atoms. The highest BCUT2D eigenvalue weighted by molar-refractivity contribution is 5.96. The lowest BCUT2D eigenvalue weighted by molar-refractivity contribution is -0.114. The molecule has 0 radical (unpaired) electrons. The molecule has 3 aromatic carbocycles. The molecule has 3 rings (SSSR count). The lowest BCUT2D eigenvalue weighted by Gasteiger charge is -2.08. The van der Waals surface area contributed by atoms with Gasteiger partial charge in [-0.25, -0.2) is 4.39 Å². The van der Waals surface area contributed by atoms with Crippen molar-refractivity contribution >= 4 is 28.1 Å². The first-order chi connectivity index (χ1) is 10.7. The van der Waals surface area contributed by atoms with E-state index in [1.807, 2.05) is 42.5 Å². The highest BCUT2D eigenvalue weighted by Gasteiger charge is 2.03. The number of benzene rings is 3. The first kappa shape index (κ1) is 14.1. The van der Waals surface area contributed by atoms with Crippen LogP contribution in [-0.2, 0) is 4.79 Å². The maximum atomic E-state index is 13.0. The Hall–Kier alpha value is -2.88. The molecule has 1 amide bonds. The molecule has 0 aliphatic heterocycles. The van der Waals surface area contributed by atoms with Crippen LogP contribution in [0.3, 0.4) is 0 Å². The third kappa shape index (κ3) is 3.41. The Labute approximate surface area is 127 Å². The minimum atomic E-state index is -0.333. The van der Waals surface area contributed by atoms with Crippen LogP contribution in [0.4, 0.5) is 15.8 Å². The number of fused-ring (bicyclic) bond motifs is 1. The molecule has 0 aliphatic rings.